The van der Waals surface area contributed by atoms with E-state index in [0.717, 1.165) is 15.8 Å². The van der Waals surface area contributed by atoms with Gasteiger partial charge in [-0.15, -0.1) is 0 Å². The lowest BCUT2D eigenvalue weighted by Crippen LogP contribution is -1.80. The van der Waals surface area contributed by atoms with Crippen molar-refractivity contribution in [2.24, 2.45) is 0 Å². The van der Waals surface area contributed by atoms with Crippen molar-refractivity contribution in [3.05, 3.63) is 33.8 Å². The summed E-state index contributed by atoms with van der Waals surface area (Å²) in [5, 5.41) is 6.71. The van der Waals surface area contributed by atoms with Crippen LogP contribution in [0.5, 0.6) is 0 Å². The topological polar surface area (TPSA) is 61.8 Å². The summed E-state index contributed by atoms with van der Waals surface area (Å²) in [7, 11) is 0. The maximum Gasteiger partial charge on any atom is 0.192 e. The molecule has 0 saturated carbocycles. The summed E-state index contributed by atoms with van der Waals surface area (Å²) >= 11 is 8.33. The first-order valence-corrected chi connectivity index (χ1v) is 5.72. The molecule has 0 unspecified atom stereocenters. The molecule has 0 radical (unpaired) electrons. The van der Waals surface area contributed by atoms with E-state index in [1.54, 1.807) is 0 Å². The van der Waals surface area contributed by atoms with Crippen LogP contribution in [-0.2, 0) is 0 Å². The molecule has 3 aromatic rings. The Labute approximate surface area is 104 Å². The van der Waals surface area contributed by atoms with Gasteiger partial charge in [-0.1, -0.05) is 0 Å². The summed E-state index contributed by atoms with van der Waals surface area (Å²) in [6.07, 6.45) is 3.83. The van der Waals surface area contributed by atoms with Crippen LogP contribution in [0.25, 0.3) is 17.2 Å². The molecule has 3 rings (SSSR count). The molecule has 3 aromatic heterocycles. The summed E-state index contributed by atoms with van der Waals surface area (Å²) in [6.45, 7) is 0. The average Bonchev–Trinajstić information content (AvgIpc) is 2.83. The van der Waals surface area contributed by atoms with Gasteiger partial charge in [-0.3, -0.25) is 5.10 Å². The smallest absolute Gasteiger partial charge is 0.192 e. The lowest BCUT2D eigenvalue weighted by Gasteiger charge is -1.91. The minimum atomic E-state index is 0.494. The molecular formula is C9H6BrN5S. The van der Waals surface area contributed by atoms with Crippen molar-refractivity contribution in [2.75, 3.05) is 0 Å². The van der Waals surface area contributed by atoms with Gasteiger partial charge in [0.1, 0.15) is 11.3 Å². The molecule has 0 aliphatic carbocycles. The Morgan fingerprint density at radius 1 is 1.31 bits per heavy atom. The maximum atomic E-state index is 4.92. The molecule has 0 aliphatic rings. The van der Waals surface area contributed by atoms with Crippen molar-refractivity contribution < 1.29 is 0 Å². The second kappa shape index (κ2) is 3.53. The van der Waals surface area contributed by atoms with Crippen LogP contribution in [0, 0.1) is 4.77 Å². The lowest BCUT2D eigenvalue weighted by molar-refractivity contribution is 1.08. The maximum absolute atomic E-state index is 4.92. The van der Waals surface area contributed by atoms with Crippen molar-refractivity contribution >= 4 is 33.8 Å². The molecule has 0 bridgehead atoms. The molecule has 16 heavy (non-hydrogen) atoms. The highest BCUT2D eigenvalue weighted by molar-refractivity contribution is 9.10. The first kappa shape index (κ1) is 9.73. The number of rotatable bonds is 1. The second-order valence-corrected chi connectivity index (χ2v) is 4.59. The van der Waals surface area contributed by atoms with Gasteiger partial charge in [0.2, 0.25) is 0 Å². The van der Waals surface area contributed by atoms with Crippen LogP contribution < -0.4 is 0 Å². The molecule has 0 aliphatic heterocycles. The summed E-state index contributed by atoms with van der Waals surface area (Å²) in [5.41, 5.74) is 1.62. The Morgan fingerprint density at radius 2 is 2.19 bits per heavy atom. The number of fused-ring (bicyclic) bond motifs is 1. The molecule has 7 heteroatoms. The SMILES string of the molecule is S=c1[nH]nc(-c2cn3cc(Br)ccc3n2)[nH]1. The summed E-state index contributed by atoms with van der Waals surface area (Å²) < 4.78 is 3.41. The summed E-state index contributed by atoms with van der Waals surface area (Å²) in [4.78, 5) is 7.35. The van der Waals surface area contributed by atoms with E-state index in [2.05, 4.69) is 36.1 Å². The molecule has 0 fully saturated rings. The largest absolute Gasteiger partial charge is 0.313 e. The van der Waals surface area contributed by atoms with E-state index in [1.165, 1.54) is 0 Å². The number of halogens is 1. The predicted molar refractivity (Wildman–Crippen MR) is 65.7 cm³/mol. The molecule has 0 saturated heterocycles. The standard InChI is InChI=1S/C9H6BrN5S/c10-5-1-2-7-11-6(4-15(7)3-5)8-12-9(16)14-13-8/h1-4H,(H2,12,13,14,16). The molecular weight excluding hydrogens is 290 g/mol. The highest BCUT2D eigenvalue weighted by Gasteiger charge is 2.06. The first-order valence-electron chi connectivity index (χ1n) is 4.52. The van der Waals surface area contributed by atoms with Crippen LogP contribution in [0.3, 0.4) is 0 Å². The van der Waals surface area contributed by atoms with Crippen LogP contribution >= 0.6 is 28.1 Å². The van der Waals surface area contributed by atoms with Gasteiger partial charge in [-0.2, -0.15) is 5.10 Å². The third kappa shape index (κ3) is 1.57. The Morgan fingerprint density at radius 3 is 2.94 bits per heavy atom. The highest BCUT2D eigenvalue weighted by Crippen LogP contribution is 2.17. The Bertz CT molecular complexity index is 710. The van der Waals surface area contributed by atoms with Crippen molar-refractivity contribution in [3.63, 3.8) is 0 Å². The molecule has 5 nitrogen and oxygen atoms in total. The number of hydrogen-bond donors (Lipinski definition) is 2. The average molecular weight is 296 g/mol. The second-order valence-electron chi connectivity index (χ2n) is 3.27. The zero-order valence-electron chi connectivity index (χ0n) is 7.94. The van der Waals surface area contributed by atoms with E-state index in [0.29, 0.717) is 10.6 Å². The minimum Gasteiger partial charge on any atom is -0.313 e. The zero-order chi connectivity index (χ0) is 11.1. The predicted octanol–water partition coefficient (Wildman–Crippen LogP) is 2.54. The Balaban J connectivity index is 2.22. The van der Waals surface area contributed by atoms with E-state index < -0.39 is 0 Å². The van der Waals surface area contributed by atoms with Gasteiger partial charge in [0.05, 0.1) is 0 Å². The minimum absolute atomic E-state index is 0.494. The Kier molecular flexibility index (Phi) is 2.15. The normalized spacial score (nSPS) is 11.1. The number of nitrogens with zero attached hydrogens (tertiary/aromatic N) is 3. The van der Waals surface area contributed by atoms with Crippen LogP contribution in [0.1, 0.15) is 0 Å². The van der Waals surface area contributed by atoms with E-state index in [9.17, 15) is 0 Å². The van der Waals surface area contributed by atoms with Crippen molar-refractivity contribution in [1.29, 1.82) is 0 Å². The fourth-order valence-electron chi connectivity index (χ4n) is 1.47. The van der Waals surface area contributed by atoms with Gasteiger partial charge in [-0.25, -0.2) is 4.98 Å². The fraction of sp³-hybridized carbons (Fsp3) is 0. The van der Waals surface area contributed by atoms with Gasteiger partial charge >= 0.3 is 0 Å². The van der Waals surface area contributed by atoms with E-state index in [-0.39, 0.29) is 0 Å². The number of H-pyrrole nitrogens is 2. The zero-order valence-corrected chi connectivity index (χ0v) is 10.3. The third-order valence-electron chi connectivity index (χ3n) is 2.16. The van der Waals surface area contributed by atoms with Gasteiger partial charge in [0, 0.05) is 16.9 Å². The van der Waals surface area contributed by atoms with Crippen LogP contribution in [0.15, 0.2) is 29.0 Å². The number of aromatic nitrogens is 5. The number of aromatic amines is 2. The van der Waals surface area contributed by atoms with Crippen molar-refractivity contribution in [3.8, 4) is 11.5 Å². The van der Waals surface area contributed by atoms with E-state index in [4.69, 9.17) is 12.2 Å². The molecule has 80 valence electrons. The van der Waals surface area contributed by atoms with Crippen LogP contribution in [-0.4, -0.2) is 24.6 Å². The molecule has 0 aromatic carbocycles. The lowest BCUT2D eigenvalue weighted by atomic mass is 10.5. The number of imidazole rings is 1. The molecule has 0 amide bonds. The van der Waals surface area contributed by atoms with Crippen molar-refractivity contribution in [2.45, 2.75) is 0 Å². The van der Waals surface area contributed by atoms with Gasteiger partial charge in [-0.05, 0) is 40.3 Å². The van der Waals surface area contributed by atoms with E-state index >= 15 is 0 Å². The third-order valence-corrected chi connectivity index (χ3v) is 2.82. The number of pyridine rings is 1. The molecule has 0 atom stereocenters. The summed E-state index contributed by atoms with van der Waals surface area (Å²) in [6, 6.07) is 3.87. The van der Waals surface area contributed by atoms with Crippen LogP contribution in [0.4, 0.5) is 0 Å². The monoisotopic (exact) mass is 295 g/mol. The van der Waals surface area contributed by atoms with Crippen LogP contribution in [0.2, 0.25) is 0 Å². The quantitative estimate of drug-likeness (QED) is 0.678. The van der Waals surface area contributed by atoms with E-state index in [1.807, 2.05) is 28.9 Å². The van der Waals surface area contributed by atoms with Gasteiger partial charge < -0.3 is 9.38 Å². The summed E-state index contributed by atoms with van der Waals surface area (Å²) in [5.74, 6) is 0.643. The van der Waals surface area contributed by atoms with Gasteiger partial charge in [0.15, 0.2) is 10.6 Å². The highest BCUT2D eigenvalue weighted by atomic mass is 79.9. The molecule has 0 spiro atoms. The molecule has 3 heterocycles. The number of hydrogen-bond acceptors (Lipinski definition) is 3. The fourth-order valence-corrected chi connectivity index (χ4v) is 1.97. The van der Waals surface area contributed by atoms with Gasteiger partial charge in [0.25, 0.3) is 0 Å². The molecule has 2 N–H and O–H groups in total. The number of nitrogens with one attached hydrogen (secondary N) is 2. The Hall–Kier alpha value is -1.47. The van der Waals surface area contributed by atoms with Crippen molar-refractivity contribution in [1.82, 2.24) is 24.6 Å². The first-order chi connectivity index (χ1) is 7.72.